The zero-order chi connectivity index (χ0) is 13.0. The average molecular weight is 268 g/mol. The molecule has 0 unspecified atom stereocenters. The highest BCUT2D eigenvalue weighted by Gasteiger charge is 2.33. The van der Waals surface area contributed by atoms with Crippen LogP contribution in [0, 0.1) is 0 Å². The van der Waals surface area contributed by atoms with Gasteiger partial charge in [-0.05, 0) is 19.3 Å². The number of aromatic nitrogens is 1. The van der Waals surface area contributed by atoms with Gasteiger partial charge in [-0.25, -0.2) is 4.98 Å². The first-order valence-corrected chi connectivity index (χ1v) is 7.37. The first-order chi connectivity index (χ1) is 8.59. The lowest BCUT2D eigenvalue weighted by molar-refractivity contribution is -0.133. The molecule has 1 aromatic heterocycles. The summed E-state index contributed by atoms with van der Waals surface area (Å²) in [5, 5.41) is 12.2. The summed E-state index contributed by atoms with van der Waals surface area (Å²) >= 11 is 1.55. The molecule has 1 aliphatic carbocycles. The zero-order valence-electron chi connectivity index (χ0n) is 10.8. The third kappa shape index (κ3) is 3.53. The van der Waals surface area contributed by atoms with Crippen molar-refractivity contribution in [3.8, 4) is 0 Å². The Hall–Kier alpha value is -0.940. The fourth-order valence-corrected chi connectivity index (χ4v) is 3.10. The predicted molar refractivity (Wildman–Crippen MR) is 71.5 cm³/mol. The van der Waals surface area contributed by atoms with E-state index >= 15 is 0 Å². The molecular formula is C13H20N2O2S. The summed E-state index contributed by atoms with van der Waals surface area (Å²) in [6.07, 6.45) is 4.92. The SMILES string of the molecule is CN(CC1(O)CCCC1)C(=O)CCc1cscn1. The van der Waals surface area contributed by atoms with Gasteiger partial charge < -0.3 is 10.0 Å². The minimum atomic E-state index is -0.648. The Kier molecular flexibility index (Phi) is 4.35. The van der Waals surface area contributed by atoms with Gasteiger partial charge in [0.05, 0.1) is 16.8 Å². The van der Waals surface area contributed by atoms with E-state index in [2.05, 4.69) is 4.98 Å². The lowest BCUT2D eigenvalue weighted by Gasteiger charge is -2.28. The number of aryl methyl sites for hydroxylation is 1. The Labute approximate surface area is 112 Å². The zero-order valence-corrected chi connectivity index (χ0v) is 11.6. The first-order valence-electron chi connectivity index (χ1n) is 6.42. The summed E-state index contributed by atoms with van der Waals surface area (Å²) in [6, 6.07) is 0. The van der Waals surface area contributed by atoms with Crippen LogP contribution in [0.3, 0.4) is 0 Å². The number of aliphatic hydroxyl groups is 1. The molecule has 0 radical (unpaired) electrons. The van der Waals surface area contributed by atoms with E-state index in [1.54, 1.807) is 28.8 Å². The molecule has 0 aliphatic heterocycles. The highest BCUT2D eigenvalue weighted by atomic mass is 32.1. The van der Waals surface area contributed by atoms with Gasteiger partial charge in [-0.2, -0.15) is 0 Å². The fourth-order valence-electron chi connectivity index (χ4n) is 2.51. The highest BCUT2D eigenvalue weighted by Crippen LogP contribution is 2.30. The smallest absolute Gasteiger partial charge is 0.222 e. The summed E-state index contributed by atoms with van der Waals surface area (Å²) < 4.78 is 0. The summed E-state index contributed by atoms with van der Waals surface area (Å²) in [7, 11) is 1.78. The van der Waals surface area contributed by atoms with Gasteiger partial charge in [-0.1, -0.05) is 12.8 Å². The highest BCUT2D eigenvalue weighted by molar-refractivity contribution is 7.07. The molecule has 4 nitrogen and oxygen atoms in total. The van der Waals surface area contributed by atoms with E-state index in [0.717, 1.165) is 31.4 Å². The molecule has 0 aromatic carbocycles. The second kappa shape index (κ2) is 5.80. The Morgan fingerprint density at radius 3 is 2.89 bits per heavy atom. The molecule has 0 saturated heterocycles. The summed E-state index contributed by atoms with van der Waals surface area (Å²) in [4.78, 5) is 17.8. The molecule has 1 heterocycles. The second-order valence-corrected chi connectivity index (χ2v) is 5.88. The Bertz CT molecular complexity index is 386. The minimum absolute atomic E-state index is 0.0864. The molecule has 18 heavy (non-hydrogen) atoms. The molecule has 1 N–H and O–H groups in total. The number of rotatable bonds is 5. The van der Waals surface area contributed by atoms with Crippen molar-refractivity contribution in [3.63, 3.8) is 0 Å². The molecule has 1 saturated carbocycles. The number of hydrogen-bond acceptors (Lipinski definition) is 4. The van der Waals surface area contributed by atoms with E-state index in [0.29, 0.717) is 19.4 Å². The predicted octanol–water partition coefficient (Wildman–Crippen LogP) is 1.84. The Morgan fingerprint density at radius 1 is 1.56 bits per heavy atom. The van der Waals surface area contributed by atoms with E-state index in [1.165, 1.54) is 0 Å². The number of amides is 1. The van der Waals surface area contributed by atoms with Gasteiger partial charge in [0.15, 0.2) is 0 Å². The van der Waals surface area contributed by atoms with Crippen LogP contribution in [0.4, 0.5) is 0 Å². The summed E-state index contributed by atoms with van der Waals surface area (Å²) in [5.74, 6) is 0.0864. The maximum absolute atomic E-state index is 12.0. The molecule has 5 heteroatoms. The molecule has 1 fully saturated rings. The lowest BCUT2D eigenvalue weighted by Crippen LogP contribution is -2.42. The van der Waals surface area contributed by atoms with E-state index in [9.17, 15) is 9.90 Å². The van der Waals surface area contributed by atoms with Crippen LogP contribution in [0.15, 0.2) is 10.9 Å². The van der Waals surface area contributed by atoms with Gasteiger partial charge in [0.1, 0.15) is 0 Å². The monoisotopic (exact) mass is 268 g/mol. The Morgan fingerprint density at radius 2 is 2.28 bits per heavy atom. The molecule has 2 rings (SSSR count). The topological polar surface area (TPSA) is 53.4 Å². The minimum Gasteiger partial charge on any atom is -0.388 e. The van der Waals surface area contributed by atoms with Crippen LogP contribution in [0.25, 0.3) is 0 Å². The molecule has 1 aromatic rings. The van der Waals surface area contributed by atoms with Crippen molar-refractivity contribution in [2.45, 2.75) is 44.1 Å². The van der Waals surface area contributed by atoms with Crippen LogP contribution in [0.5, 0.6) is 0 Å². The molecular weight excluding hydrogens is 248 g/mol. The van der Waals surface area contributed by atoms with Crippen LogP contribution in [-0.2, 0) is 11.2 Å². The largest absolute Gasteiger partial charge is 0.388 e. The number of hydrogen-bond donors (Lipinski definition) is 1. The number of likely N-dealkylation sites (N-methyl/N-ethyl adjacent to an activating group) is 1. The Balaban J connectivity index is 1.77. The normalized spacial score (nSPS) is 17.9. The number of thiazole rings is 1. The molecule has 1 aliphatic rings. The summed E-state index contributed by atoms with van der Waals surface area (Å²) in [5.41, 5.74) is 2.11. The van der Waals surface area contributed by atoms with Crippen molar-refractivity contribution >= 4 is 17.2 Å². The van der Waals surface area contributed by atoms with Crippen LogP contribution in [-0.4, -0.2) is 40.1 Å². The van der Waals surface area contributed by atoms with Crippen LogP contribution < -0.4 is 0 Å². The van der Waals surface area contributed by atoms with Crippen molar-refractivity contribution < 1.29 is 9.90 Å². The van der Waals surface area contributed by atoms with Crippen molar-refractivity contribution in [1.29, 1.82) is 0 Å². The van der Waals surface area contributed by atoms with E-state index in [1.807, 2.05) is 5.38 Å². The molecule has 0 bridgehead atoms. The van der Waals surface area contributed by atoms with Gasteiger partial charge in [0.25, 0.3) is 0 Å². The first kappa shape index (κ1) is 13.5. The van der Waals surface area contributed by atoms with Crippen molar-refractivity contribution in [1.82, 2.24) is 9.88 Å². The van der Waals surface area contributed by atoms with Crippen molar-refractivity contribution in [3.05, 3.63) is 16.6 Å². The van der Waals surface area contributed by atoms with Crippen LogP contribution in [0.1, 0.15) is 37.8 Å². The van der Waals surface area contributed by atoms with Gasteiger partial charge in [0, 0.05) is 25.4 Å². The van der Waals surface area contributed by atoms with Gasteiger partial charge in [-0.3, -0.25) is 4.79 Å². The molecule has 0 spiro atoms. The average Bonchev–Trinajstić information content (AvgIpc) is 2.97. The van der Waals surface area contributed by atoms with E-state index in [4.69, 9.17) is 0 Å². The maximum Gasteiger partial charge on any atom is 0.222 e. The maximum atomic E-state index is 12.0. The quantitative estimate of drug-likeness (QED) is 0.886. The fraction of sp³-hybridized carbons (Fsp3) is 0.692. The summed E-state index contributed by atoms with van der Waals surface area (Å²) in [6.45, 7) is 0.461. The number of carbonyl (C=O) groups excluding carboxylic acids is 1. The number of carbonyl (C=O) groups is 1. The lowest BCUT2D eigenvalue weighted by atomic mass is 10.0. The second-order valence-electron chi connectivity index (χ2n) is 5.16. The van der Waals surface area contributed by atoms with Gasteiger partial charge in [-0.15, -0.1) is 11.3 Å². The van der Waals surface area contributed by atoms with Gasteiger partial charge in [0.2, 0.25) is 5.91 Å². The van der Waals surface area contributed by atoms with Crippen LogP contribution in [0.2, 0.25) is 0 Å². The molecule has 0 atom stereocenters. The van der Waals surface area contributed by atoms with Crippen molar-refractivity contribution in [2.24, 2.45) is 0 Å². The third-order valence-corrected chi connectivity index (χ3v) is 4.21. The number of nitrogens with zero attached hydrogens (tertiary/aromatic N) is 2. The van der Waals surface area contributed by atoms with E-state index < -0.39 is 5.60 Å². The standard InChI is InChI=1S/C13H20N2O2S/c1-15(9-13(17)6-2-3-7-13)12(16)5-4-11-8-18-10-14-11/h8,10,17H,2-7,9H2,1H3. The third-order valence-electron chi connectivity index (χ3n) is 3.57. The molecule has 1 amide bonds. The van der Waals surface area contributed by atoms with Gasteiger partial charge >= 0.3 is 0 Å². The van der Waals surface area contributed by atoms with Crippen LogP contribution >= 0.6 is 11.3 Å². The van der Waals surface area contributed by atoms with Crippen molar-refractivity contribution in [2.75, 3.05) is 13.6 Å². The molecule has 100 valence electrons. The van der Waals surface area contributed by atoms with E-state index in [-0.39, 0.29) is 5.91 Å².